The van der Waals surface area contributed by atoms with Gasteiger partial charge in [0.05, 0.1) is 5.56 Å². The number of amides is 2. The van der Waals surface area contributed by atoms with Crippen molar-refractivity contribution in [2.75, 3.05) is 12.1 Å². The minimum Gasteiger partial charge on any atom is -0.454 e. The first-order valence-corrected chi connectivity index (χ1v) is 10.9. The van der Waals surface area contributed by atoms with Gasteiger partial charge in [-0.1, -0.05) is 26.8 Å². The molecule has 4 rings (SSSR count). The summed E-state index contributed by atoms with van der Waals surface area (Å²) in [6.07, 6.45) is 5.88. The summed E-state index contributed by atoms with van der Waals surface area (Å²) in [5.74, 6) is 1.10. The van der Waals surface area contributed by atoms with E-state index in [0.717, 1.165) is 35.3 Å². The molecule has 2 amide bonds. The van der Waals surface area contributed by atoms with E-state index in [0.29, 0.717) is 28.0 Å². The summed E-state index contributed by atoms with van der Waals surface area (Å²) in [7, 11) is 0. The number of nitrogens with one attached hydrogen (secondary N) is 1. The van der Waals surface area contributed by atoms with Gasteiger partial charge in [0.15, 0.2) is 11.5 Å². The van der Waals surface area contributed by atoms with E-state index in [9.17, 15) is 9.59 Å². The molecule has 2 aliphatic rings. The number of carbonyl (C=O) groups is 2. The van der Waals surface area contributed by atoms with Crippen LogP contribution < -0.4 is 20.5 Å². The molecule has 0 saturated heterocycles. The lowest BCUT2D eigenvalue weighted by atomic mass is 9.72. The van der Waals surface area contributed by atoms with Crippen LogP contribution in [0.5, 0.6) is 11.5 Å². The van der Waals surface area contributed by atoms with Gasteiger partial charge >= 0.3 is 0 Å². The smallest absolute Gasteiger partial charge is 0.251 e. The van der Waals surface area contributed by atoms with Gasteiger partial charge in [0.2, 0.25) is 12.7 Å². The number of anilines is 1. The summed E-state index contributed by atoms with van der Waals surface area (Å²) in [6, 6.07) is 5.48. The maximum absolute atomic E-state index is 12.5. The predicted molar refractivity (Wildman–Crippen MR) is 118 cm³/mol. The molecule has 0 fully saturated rings. The highest BCUT2D eigenvalue weighted by Gasteiger charge is 2.33. The van der Waals surface area contributed by atoms with Crippen LogP contribution in [-0.2, 0) is 17.6 Å². The van der Waals surface area contributed by atoms with Crippen molar-refractivity contribution in [3.63, 3.8) is 0 Å². The van der Waals surface area contributed by atoms with E-state index in [1.54, 1.807) is 6.08 Å². The monoisotopic (exact) mass is 426 g/mol. The van der Waals surface area contributed by atoms with Crippen LogP contribution in [0.25, 0.3) is 6.08 Å². The molecule has 30 heavy (non-hydrogen) atoms. The second kappa shape index (κ2) is 7.80. The number of ether oxygens (including phenoxy) is 2. The summed E-state index contributed by atoms with van der Waals surface area (Å²) >= 11 is 1.47. The molecule has 0 unspecified atom stereocenters. The normalized spacial score (nSPS) is 17.8. The molecular formula is C23H26N2O4S. The zero-order chi connectivity index (χ0) is 21.5. The van der Waals surface area contributed by atoms with Crippen molar-refractivity contribution in [1.29, 1.82) is 0 Å². The molecule has 0 spiro atoms. The van der Waals surface area contributed by atoms with Crippen molar-refractivity contribution in [3.05, 3.63) is 45.8 Å². The molecule has 1 aromatic carbocycles. The maximum atomic E-state index is 12.5. The van der Waals surface area contributed by atoms with Crippen LogP contribution in [0.1, 0.15) is 53.6 Å². The van der Waals surface area contributed by atoms with Crippen molar-refractivity contribution in [1.82, 2.24) is 0 Å². The Bertz CT molecular complexity index is 1030. The number of rotatable bonds is 4. The third-order valence-corrected chi connectivity index (χ3v) is 6.97. The van der Waals surface area contributed by atoms with Crippen LogP contribution in [0.3, 0.4) is 0 Å². The van der Waals surface area contributed by atoms with Gasteiger partial charge in [-0.05, 0) is 59.9 Å². The molecule has 1 atom stereocenters. The molecule has 1 aliphatic heterocycles. The van der Waals surface area contributed by atoms with E-state index in [1.165, 1.54) is 17.4 Å². The zero-order valence-electron chi connectivity index (χ0n) is 17.4. The van der Waals surface area contributed by atoms with Crippen LogP contribution >= 0.6 is 11.3 Å². The molecule has 0 saturated carbocycles. The van der Waals surface area contributed by atoms with Gasteiger partial charge in [-0.15, -0.1) is 11.3 Å². The number of primary amides is 1. The van der Waals surface area contributed by atoms with Crippen molar-refractivity contribution in [3.8, 4) is 11.5 Å². The second-order valence-electron chi connectivity index (χ2n) is 8.81. The molecule has 1 aromatic heterocycles. The van der Waals surface area contributed by atoms with Gasteiger partial charge in [-0.25, -0.2) is 0 Å². The molecule has 0 radical (unpaired) electrons. The van der Waals surface area contributed by atoms with Gasteiger partial charge in [0, 0.05) is 11.0 Å². The number of fused-ring (bicyclic) bond motifs is 2. The Hall–Kier alpha value is -2.80. The van der Waals surface area contributed by atoms with Crippen molar-refractivity contribution < 1.29 is 19.1 Å². The topological polar surface area (TPSA) is 90.7 Å². The fourth-order valence-electron chi connectivity index (χ4n) is 4.02. The van der Waals surface area contributed by atoms with Gasteiger partial charge < -0.3 is 20.5 Å². The van der Waals surface area contributed by atoms with E-state index in [1.807, 2.05) is 18.2 Å². The molecule has 7 heteroatoms. The summed E-state index contributed by atoms with van der Waals surface area (Å²) in [5.41, 5.74) is 8.16. The zero-order valence-corrected chi connectivity index (χ0v) is 18.2. The van der Waals surface area contributed by atoms with E-state index in [4.69, 9.17) is 15.2 Å². The Kier molecular flexibility index (Phi) is 5.32. The molecular weight excluding hydrogens is 400 g/mol. The molecule has 1 aliphatic carbocycles. The summed E-state index contributed by atoms with van der Waals surface area (Å²) in [6.45, 7) is 6.94. The fraction of sp³-hybridized carbons (Fsp3) is 0.391. The van der Waals surface area contributed by atoms with Crippen molar-refractivity contribution >= 4 is 34.2 Å². The molecule has 3 N–H and O–H groups in total. The van der Waals surface area contributed by atoms with Crippen molar-refractivity contribution in [2.45, 2.75) is 40.0 Å². The average Bonchev–Trinajstić information content (AvgIpc) is 3.28. The second-order valence-corrected chi connectivity index (χ2v) is 9.92. The highest BCUT2D eigenvalue weighted by molar-refractivity contribution is 7.17. The summed E-state index contributed by atoms with van der Waals surface area (Å²) in [5, 5.41) is 3.41. The van der Waals surface area contributed by atoms with E-state index in [-0.39, 0.29) is 18.1 Å². The first-order valence-electron chi connectivity index (χ1n) is 10.1. The maximum Gasteiger partial charge on any atom is 0.251 e. The summed E-state index contributed by atoms with van der Waals surface area (Å²) < 4.78 is 10.7. The molecule has 158 valence electrons. The first kappa shape index (κ1) is 20.5. The minimum atomic E-state index is -0.489. The van der Waals surface area contributed by atoms with Gasteiger partial charge in [0.1, 0.15) is 5.00 Å². The van der Waals surface area contributed by atoms with E-state index >= 15 is 0 Å². The van der Waals surface area contributed by atoms with Crippen LogP contribution in [0.4, 0.5) is 5.00 Å². The molecule has 2 heterocycles. The number of thiophene rings is 1. The highest BCUT2D eigenvalue weighted by Crippen LogP contribution is 2.44. The molecule has 2 aromatic rings. The third kappa shape index (κ3) is 4.07. The van der Waals surface area contributed by atoms with E-state index < -0.39 is 5.91 Å². The quantitative estimate of drug-likeness (QED) is 0.710. The Morgan fingerprint density at radius 2 is 2.00 bits per heavy atom. The Morgan fingerprint density at radius 3 is 2.73 bits per heavy atom. The minimum absolute atomic E-state index is 0.200. The van der Waals surface area contributed by atoms with Gasteiger partial charge in [-0.3, -0.25) is 9.59 Å². The Labute approximate surface area is 180 Å². The first-order chi connectivity index (χ1) is 14.2. The third-order valence-electron chi connectivity index (χ3n) is 5.80. The predicted octanol–water partition coefficient (Wildman–Crippen LogP) is 4.38. The van der Waals surface area contributed by atoms with Gasteiger partial charge in [0.25, 0.3) is 5.91 Å². The summed E-state index contributed by atoms with van der Waals surface area (Å²) in [4.78, 5) is 25.8. The number of hydrogen-bond donors (Lipinski definition) is 2. The Morgan fingerprint density at radius 1 is 1.23 bits per heavy atom. The van der Waals surface area contributed by atoms with E-state index in [2.05, 4.69) is 26.1 Å². The fourth-order valence-corrected chi connectivity index (χ4v) is 5.35. The van der Waals surface area contributed by atoms with Crippen LogP contribution in [0.2, 0.25) is 0 Å². The standard InChI is InChI=1S/C23H26N2O4S/c1-23(2,3)14-6-7-15-18(11-14)30-22(20(15)21(24)27)25-19(26)9-5-13-4-8-16-17(10-13)29-12-28-16/h4-5,8-10,14H,6-7,11-12H2,1-3H3,(H2,24,27)(H,25,26)/b9-5+/t14-/m1/s1. The van der Waals surface area contributed by atoms with Gasteiger partial charge in [-0.2, -0.15) is 0 Å². The molecule has 6 nitrogen and oxygen atoms in total. The van der Waals surface area contributed by atoms with Crippen LogP contribution in [0.15, 0.2) is 24.3 Å². The van der Waals surface area contributed by atoms with Crippen molar-refractivity contribution in [2.24, 2.45) is 17.1 Å². The SMILES string of the molecule is CC(C)(C)[C@@H]1CCc2c(sc(NC(=O)/C=C/c3ccc4c(c3)OCO4)c2C(N)=O)C1. The lowest BCUT2D eigenvalue weighted by molar-refractivity contribution is -0.111. The van der Waals surface area contributed by atoms with Crippen LogP contribution in [0, 0.1) is 11.3 Å². The lowest BCUT2D eigenvalue weighted by Gasteiger charge is -2.33. The number of carbonyl (C=O) groups excluding carboxylic acids is 2. The largest absolute Gasteiger partial charge is 0.454 e. The highest BCUT2D eigenvalue weighted by atomic mass is 32.1. The lowest BCUT2D eigenvalue weighted by Crippen LogP contribution is -2.27. The Balaban J connectivity index is 1.52. The molecule has 0 bridgehead atoms. The van der Waals surface area contributed by atoms with Crippen LogP contribution in [-0.4, -0.2) is 18.6 Å². The average molecular weight is 427 g/mol. The number of benzene rings is 1. The number of hydrogen-bond acceptors (Lipinski definition) is 5. The number of nitrogens with two attached hydrogens (primary N) is 1.